The van der Waals surface area contributed by atoms with Gasteiger partial charge in [0.25, 0.3) is 0 Å². The number of alkyl halides is 4. The minimum Gasteiger partial charge on any atom is -0.445 e. The van der Waals surface area contributed by atoms with Gasteiger partial charge in [-0.05, 0) is 23.8 Å². The van der Waals surface area contributed by atoms with Crippen LogP contribution in [-0.2, 0) is 12.1 Å². The first-order chi connectivity index (χ1) is 8.99. The van der Waals surface area contributed by atoms with Crippen molar-refractivity contribution in [2.75, 3.05) is 0 Å². The molecule has 19 heavy (non-hydrogen) atoms. The molecular weight excluding hydrogens is 279 g/mol. The Hall–Kier alpha value is -1.75. The maximum absolute atomic E-state index is 12.5. The van der Waals surface area contributed by atoms with Gasteiger partial charge in [0.05, 0.1) is 17.1 Å². The Morgan fingerprint density at radius 1 is 1.26 bits per heavy atom. The van der Waals surface area contributed by atoms with Gasteiger partial charge in [0.15, 0.2) is 0 Å². The van der Waals surface area contributed by atoms with Gasteiger partial charge in [-0.15, -0.1) is 11.6 Å². The van der Waals surface area contributed by atoms with Crippen molar-refractivity contribution in [2.45, 2.75) is 12.1 Å². The van der Waals surface area contributed by atoms with Crippen LogP contribution >= 0.6 is 11.6 Å². The number of oxazole rings is 1. The zero-order valence-electron chi connectivity index (χ0n) is 9.62. The summed E-state index contributed by atoms with van der Waals surface area (Å²) < 4.78 is 42.6. The Labute approximate surface area is 112 Å². The van der Waals surface area contributed by atoms with Crippen molar-refractivity contribution in [3.05, 3.63) is 53.2 Å². The molecule has 0 atom stereocenters. The minimum absolute atomic E-state index is 0.223. The van der Waals surface area contributed by atoms with Gasteiger partial charge in [0, 0.05) is 6.08 Å². The number of rotatable bonds is 3. The average molecular weight is 288 g/mol. The molecule has 2 rings (SSSR count). The van der Waals surface area contributed by atoms with E-state index in [2.05, 4.69) is 4.98 Å². The summed E-state index contributed by atoms with van der Waals surface area (Å²) in [7, 11) is 0. The van der Waals surface area contributed by atoms with Gasteiger partial charge in [-0.3, -0.25) is 0 Å². The SMILES string of the molecule is FC(F)(F)c1cccc(C=Cc2nc(CCl)co2)c1. The quantitative estimate of drug-likeness (QED) is 0.771. The monoisotopic (exact) mass is 287 g/mol. The molecule has 2 aromatic rings. The molecule has 0 aliphatic carbocycles. The minimum atomic E-state index is -4.35. The van der Waals surface area contributed by atoms with Crippen LogP contribution in [0.15, 0.2) is 34.9 Å². The molecule has 0 bridgehead atoms. The standard InChI is InChI=1S/C13H9ClF3NO/c14-7-11-8-19-12(18-11)5-4-9-2-1-3-10(6-9)13(15,16)17/h1-6,8H,7H2. The normalized spacial score (nSPS) is 12.2. The van der Waals surface area contributed by atoms with Crippen LogP contribution in [-0.4, -0.2) is 4.98 Å². The first-order valence-corrected chi connectivity index (χ1v) is 5.88. The first kappa shape index (κ1) is 13.7. The largest absolute Gasteiger partial charge is 0.445 e. The molecule has 6 heteroatoms. The summed E-state index contributed by atoms with van der Waals surface area (Å²) in [6.45, 7) is 0. The van der Waals surface area contributed by atoms with Crippen molar-refractivity contribution < 1.29 is 17.6 Å². The van der Waals surface area contributed by atoms with E-state index in [9.17, 15) is 13.2 Å². The smallest absolute Gasteiger partial charge is 0.416 e. The lowest BCUT2D eigenvalue weighted by Crippen LogP contribution is -2.04. The van der Waals surface area contributed by atoms with Crippen LogP contribution in [0.1, 0.15) is 22.7 Å². The molecule has 0 saturated carbocycles. The fourth-order valence-electron chi connectivity index (χ4n) is 1.45. The van der Waals surface area contributed by atoms with Gasteiger partial charge < -0.3 is 4.42 Å². The van der Waals surface area contributed by atoms with Crippen LogP contribution < -0.4 is 0 Å². The Morgan fingerprint density at radius 2 is 2.05 bits per heavy atom. The zero-order chi connectivity index (χ0) is 13.9. The first-order valence-electron chi connectivity index (χ1n) is 5.35. The Morgan fingerprint density at radius 3 is 2.68 bits per heavy atom. The van der Waals surface area contributed by atoms with E-state index >= 15 is 0 Å². The van der Waals surface area contributed by atoms with Gasteiger partial charge in [0.1, 0.15) is 6.26 Å². The van der Waals surface area contributed by atoms with Crippen LogP contribution in [0.3, 0.4) is 0 Å². The summed E-state index contributed by atoms with van der Waals surface area (Å²) >= 11 is 5.56. The van der Waals surface area contributed by atoms with Crippen LogP contribution in [0.25, 0.3) is 12.2 Å². The Balaban J connectivity index is 2.19. The molecular formula is C13H9ClF3NO. The summed E-state index contributed by atoms with van der Waals surface area (Å²) in [5, 5.41) is 0. The number of benzene rings is 1. The predicted octanol–water partition coefficient (Wildman–Crippen LogP) is 4.60. The maximum Gasteiger partial charge on any atom is 0.416 e. The second-order valence-electron chi connectivity index (χ2n) is 3.77. The van der Waals surface area contributed by atoms with Gasteiger partial charge in [-0.1, -0.05) is 12.1 Å². The van der Waals surface area contributed by atoms with E-state index in [4.69, 9.17) is 16.0 Å². The fourth-order valence-corrected chi connectivity index (χ4v) is 1.57. The average Bonchev–Trinajstić information content (AvgIpc) is 2.84. The molecule has 0 unspecified atom stereocenters. The lowest BCUT2D eigenvalue weighted by atomic mass is 10.1. The number of hydrogen-bond acceptors (Lipinski definition) is 2. The molecule has 1 aromatic heterocycles. The van der Waals surface area contributed by atoms with E-state index in [1.165, 1.54) is 24.5 Å². The number of hydrogen-bond donors (Lipinski definition) is 0. The van der Waals surface area contributed by atoms with Crippen molar-refractivity contribution >= 4 is 23.8 Å². The molecule has 0 spiro atoms. The van der Waals surface area contributed by atoms with Crippen molar-refractivity contribution in [1.82, 2.24) is 4.98 Å². The summed E-state index contributed by atoms with van der Waals surface area (Å²) in [5.74, 6) is 0.522. The number of halogens is 4. The molecule has 100 valence electrons. The molecule has 1 aromatic carbocycles. The highest BCUT2D eigenvalue weighted by atomic mass is 35.5. The molecule has 0 amide bonds. The highest BCUT2D eigenvalue weighted by Gasteiger charge is 2.30. The Bertz CT molecular complexity index is 590. The third kappa shape index (κ3) is 3.61. The van der Waals surface area contributed by atoms with Crippen molar-refractivity contribution in [2.24, 2.45) is 0 Å². The molecule has 1 heterocycles. The van der Waals surface area contributed by atoms with E-state index < -0.39 is 11.7 Å². The molecule has 0 aliphatic rings. The number of aromatic nitrogens is 1. The van der Waals surface area contributed by atoms with Crippen LogP contribution in [0, 0.1) is 0 Å². The second kappa shape index (κ2) is 5.48. The highest BCUT2D eigenvalue weighted by Crippen LogP contribution is 2.29. The molecule has 2 nitrogen and oxygen atoms in total. The topological polar surface area (TPSA) is 26.0 Å². The zero-order valence-corrected chi connectivity index (χ0v) is 10.4. The van der Waals surface area contributed by atoms with E-state index in [-0.39, 0.29) is 5.88 Å². The fraction of sp³-hybridized carbons (Fsp3) is 0.154. The molecule has 0 saturated heterocycles. The van der Waals surface area contributed by atoms with E-state index in [0.717, 1.165) is 12.1 Å². The van der Waals surface area contributed by atoms with E-state index in [1.807, 2.05) is 0 Å². The second-order valence-corrected chi connectivity index (χ2v) is 4.03. The molecule has 0 aliphatic heterocycles. The van der Waals surface area contributed by atoms with Crippen LogP contribution in [0.4, 0.5) is 13.2 Å². The summed E-state index contributed by atoms with van der Waals surface area (Å²) in [4.78, 5) is 4.01. The van der Waals surface area contributed by atoms with Crippen molar-refractivity contribution in [3.63, 3.8) is 0 Å². The number of nitrogens with zero attached hydrogens (tertiary/aromatic N) is 1. The summed E-state index contributed by atoms with van der Waals surface area (Å²) in [6.07, 6.45) is 0.0437. The summed E-state index contributed by atoms with van der Waals surface area (Å²) in [5.41, 5.74) is 0.300. The van der Waals surface area contributed by atoms with E-state index in [1.54, 1.807) is 6.07 Å². The van der Waals surface area contributed by atoms with Crippen molar-refractivity contribution in [1.29, 1.82) is 0 Å². The van der Waals surface area contributed by atoms with E-state index in [0.29, 0.717) is 17.1 Å². The van der Waals surface area contributed by atoms with Crippen molar-refractivity contribution in [3.8, 4) is 0 Å². The van der Waals surface area contributed by atoms with Crippen LogP contribution in [0.2, 0.25) is 0 Å². The lowest BCUT2D eigenvalue weighted by Gasteiger charge is -2.06. The third-order valence-corrected chi connectivity index (χ3v) is 2.61. The predicted molar refractivity (Wildman–Crippen MR) is 66.4 cm³/mol. The summed E-state index contributed by atoms with van der Waals surface area (Å²) in [6, 6.07) is 5.00. The lowest BCUT2D eigenvalue weighted by molar-refractivity contribution is -0.137. The maximum atomic E-state index is 12.5. The van der Waals surface area contributed by atoms with Gasteiger partial charge in [-0.25, -0.2) is 4.98 Å². The van der Waals surface area contributed by atoms with Gasteiger partial charge >= 0.3 is 6.18 Å². The molecule has 0 fully saturated rings. The Kier molecular flexibility index (Phi) is 3.95. The van der Waals surface area contributed by atoms with Gasteiger partial charge in [-0.2, -0.15) is 13.2 Å². The van der Waals surface area contributed by atoms with Gasteiger partial charge in [0.2, 0.25) is 5.89 Å². The third-order valence-electron chi connectivity index (χ3n) is 2.34. The highest BCUT2D eigenvalue weighted by molar-refractivity contribution is 6.16. The van der Waals surface area contributed by atoms with Crippen LogP contribution in [0.5, 0.6) is 0 Å². The molecule has 0 radical (unpaired) electrons. The molecule has 0 N–H and O–H groups in total.